The molecule has 1 saturated heterocycles. The van der Waals surface area contributed by atoms with Crippen LogP contribution in [0.4, 0.5) is 0 Å². The summed E-state index contributed by atoms with van der Waals surface area (Å²) in [6.45, 7) is 10.2. The first kappa shape index (κ1) is 25.2. The van der Waals surface area contributed by atoms with Gasteiger partial charge in [0.1, 0.15) is 0 Å². The van der Waals surface area contributed by atoms with Crippen LogP contribution < -0.4 is 16.0 Å². The molecule has 0 bridgehead atoms. The molecule has 1 heterocycles. The Bertz CT molecular complexity index is 557. The van der Waals surface area contributed by atoms with E-state index >= 15 is 0 Å². The number of aliphatic imine (C=N–C) groups is 1. The Balaban J connectivity index is 0.00000392. The van der Waals surface area contributed by atoms with Crippen molar-refractivity contribution in [3.05, 3.63) is 35.9 Å². The van der Waals surface area contributed by atoms with E-state index in [2.05, 4.69) is 72.0 Å². The Morgan fingerprint density at radius 3 is 2.32 bits per heavy atom. The molecule has 28 heavy (non-hydrogen) atoms. The highest BCUT2D eigenvalue weighted by Crippen LogP contribution is 2.25. The number of nitrogens with zero attached hydrogens (tertiary/aromatic N) is 1. The molecule has 2 rings (SSSR count). The van der Waals surface area contributed by atoms with Crippen LogP contribution in [0, 0.1) is 5.92 Å². The largest absolute Gasteiger partial charge is 0.381 e. The number of ether oxygens (including phenoxy) is 1. The van der Waals surface area contributed by atoms with Crippen molar-refractivity contribution in [3.8, 4) is 0 Å². The molecule has 1 aliphatic heterocycles. The molecule has 0 radical (unpaired) electrons. The van der Waals surface area contributed by atoms with E-state index in [0.29, 0.717) is 12.0 Å². The van der Waals surface area contributed by atoms with Crippen LogP contribution in [-0.4, -0.2) is 44.8 Å². The number of nitrogens with one attached hydrogen (secondary N) is 3. The first-order chi connectivity index (χ1) is 13.1. The zero-order valence-electron chi connectivity index (χ0n) is 18.0. The highest BCUT2D eigenvalue weighted by molar-refractivity contribution is 14.0. The lowest BCUT2D eigenvalue weighted by Gasteiger charge is -2.41. The van der Waals surface area contributed by atoms with Gasteiger partial charge in [-0.05, 0) is 31.2 Å². The van der Waals surface area contributed by atoms with Crippen LogP contribution in [0.3, 0.4) is 0 Å². The second-order valence-electron chi connectivity index (χ2n) is 7.66. The van der Waals surface area contributed by atoms with Crippen LogP contribution in [-0.2, 0) is 4.74 Å². The van der Waals surface area contributed by atoms with Crippen LogP contribution in [0.2, 0.25) is 0 Å². The van der Waals surface area contributed by atoms with Crippen LogP contribution in [0.25, 0.3) is 0 Å². The molecule has 0 spiro atoms. The summed E-state index contributed by atoms with van der Waals surface area (Å²) in [6.07, 6.45) is 4.39. The van der Waals surface area contributed by atoms with E-state index in [1.165, 1.54) is 18.4 Å². The monoisotopic (exact) mass is 502 g/mol. The van der Waals surface area contributed by atoms with Gasteiger partial charge in [-0.1, -0.05) is 57.0 Å². The molecular formula is C22H39IN4O. The molecule has 5 nitrogen and oxygen atoms in total. The first-order valence-electron chi connectivity index (χ1n) is 10.5. The van der Waals surface area contributed by atoms with Crippen LogP contribution in [0.15, 0.2) is 35.3 Å². The molecule has 1 fully saturated rings. The van der Waals surface area contributed by atoms with Crippen LogP contribution >= 0.6 is 24.0 Å². The predicted octanol–water partition coefficient (Wildman–Crippen LogP) is 4.11. The first-order valence-corrected chi connectivity index (χ1v) is 10.5. The van der Waals surface area contributed by atoms with Crippen LogP contribution in [0.1, 0.15) is 58.1 Å². The van der Waals surface area contributed by atoms with Gasteiger partial charge in [-0.3, -0.25) is 4.99 Å². The Labute approximate surface area is 188 Å². The van der Waals surface area contributed by atoms with Crippen molar-refractivity contribution in [1.29, 1.82) is 0 Å². The molecule has 0 aliphatic carbocycles. The highest BCUT2D eigenvalue weighted by Gasteiger charge is 2.34. The van der Waals surface area contributed by atoms with Gasteiger partial charge in [-0.25, -0.2) is 0 Å². The Morgan fingerprint density at radius 2 is 1.75 bits per heavy atom. The van der Waals surface area contributed by atoms with Crippen molar-refractivity contribution in [3.63, 3.8) is 0 Å². The number of benzene rings is 1. The van der Waals surface area contributed by atoms with Crippen molar-refractivity contribution in [1.82, 2.24) is 16.0 Å². The second kappa shape index (κ2) is 13.4. The highest BCUT2D eigenvalue weighted by atomic mass is 127. The van der Waals surface area contributed by atoms with E-state index in [4.69, 9.17) is 4.74 Å². The van der Waals surface area contributed by atoms with E-state index in [9.17, 15) is 0 Å². The minimum atomic E-state index is 0. The topological polar surface area (TPSA) is 57.7 Å². The summed E-state index contributed by atoms with van der Waals surface area (Å²) in [5.74, 6) is 1.58. The molecule has 1 aromatic rings. The van der Waals surface area contributed by atoms with Crippen molar-refractivity contribution < 1.29 is 4.74 Å². The minimum Gasteiger partial charge on any atom is -0.381 e. The Kier molecular flexibility index (Phi) is 12.0. The lowest BCUT2D eigenvalue weighted by atomic mass is 9.88. The molecule has 0 saturated carbocycles. The van der Waals surface area contributed by atoms with E-state index in [1.807, 2.05) is 7.05 Å². The maximum Gasteiger partial charge on any atom is 0.191 e. The summed E-state index contributed by atoms with van der Waals surface area (Å²) < 4.78 is 5.64. The Morgan fingerprint density at radius 1 is 1.11 bits per heavy atom. The predicted molar refractivity (Wildman–Crippen MR) is 130 cm³/mol. The second-order valence-corrected chi connectivity index (χ2v) is 7.66. The lowest BCUT2D eigenvalue weighted by molar-refractivity contribution is 0.0355. The molecule has 0 aromatic heterocycles. The number of hydrogen-bond donors (Lipinski definition) is 3. The van der Waals surface area contributed by atoms with Gasteiger partial charge in [0.25, 0.3) is 0 Å². The number of hydrogen-bond acceptors (Lipinski definition) is 3. The maximum atomic E-state index is 5.64. The van der Waals surface area contributed by atoms with Crippen molar-refractivity contribution in [2.45, 2.75) is 58.0 Å². The zero-order chi connectivity index (χ0) is 19.5. The fourth-order valence-corrected chi connectivity index (χ4v) is 3.71. The van der Waals surface area contributed by atoms with Gasteiger partial charge >= 0.3 is 0 Å². The number of rotatable bonds is 9. The minimum absolute atomic E-state index is 0. The summed E-state index contributed by atoms with van der Waals surface area (Å²) in [4.78, 5) is 4.42. The molecule has 1 atom stereocenters. The van der Waals surface area contributed by atoms with Gasteiger partial charge < -0.3 is 20.7 Å². The average molecular weight is 502 g/mol. The third kappa shape index (κ3) is 7.87. The molecule has 0 amide bonds. The average Bonchev–Trinajstić information content (AvgIpc) is 2.72. The molecule has 1 aromatic carbocycles. The Hall–Kier alpha value is -0.860. The van der Waals surface area contributed by atoms with E-state index in [-0.39, 0.29) is 29.5 Å². The van der Waals surface area contributed by atoms with E-state index in [1.54, 1.807) is 0 Å². The van der Waals surface area contributed by atoms with Gasteiger partial charge in [0.05, 0.1) is 0 Å². The normalized spacial score (nSPS) is 17.7. The fraction of sp³-hybridized carbons (Fsp3) is 0.682. The zero-order valence-corrected chi connectivity index (χ0v) is 20.3. The maximum absolute atomic E-state index is 5.64. The summed E-state index contributed by atoms with van der Waals surface area (Å²) in [5, 5.41) is 10.9. The smallest absolute Gasteiger partial charge is 0.191 e. The number of guanidine groups is 1. The SMILES string of the molecule is CCC(CC)CNC(=NC)NCC1(NC(C)c2ccccc2)CCOCC1.I. The van der Waals surface area contributed by atoms with E-state index < -0.39 is 0 Å². The van der Waals surface area contributed by atoms with Gasteiger partial charge in [-0.2, -0.15) is 0 Å². The standard InChI is InChI=1S/C22H38N4O.HI/c1-5-19(6-2)16-24-21(23-4)25-17-22(12-14-27-15-13-22)26-18(3)20-10-8-7-9-11-20;/h7-11,18-19,26H,5-6,12-17H2,1-4H3,(H2,23,24,25);1H. The van der Waals surface area contributed by atoms with Crippen molar-refractivity contribution in [2.24, 2.45) is 10.9 Å². The van der Waals surface area contributed by atoms with Gasteiger partial charge in [0.15, 0.2) is 5.96 Å². The fourth-order valence-electron chi connectivity index (χ4n) is 3.71. The lowest BCUT2D eigenvalue weighted by Crippen LogP contribution is -2.58. The van der Waals surface area contributed by atoms with Crippen molar-refractivity contribution in [2.75, 3.05) is 33.4 Å². The molecule has 160 valence electrons. The summed E-state index contributed by atoms with van der Waals surface area (Å²) in [7, 11) is 1.85. The number of halogens is 1. The molecule has 3 N–H and O–H groups in total. The summed E-state index contributed by atoms with van der Waals surface area (Å²) >= 11 is 0. The molecule has 6 heteroatoms. The third-order valence-corrected chi connectivity index (χ3v) is 5.80. The summed E-state index contributed by atoms with van der Waals surface area (Å²) in [5.41, 5.74) is 1.33. The quantitative estimate of drug-likeness (QED) is 0.270. The van der Waals surface area contributed by atoms with Gasteiger partial charge in [0.2, 0.25) is 0 Å². The van der Waals surface area contributed by atoms with Crippen molar-refractivity contribution >= 4 is 29.9 Å². The molecule has 1 unspecified atom stereocenters. The van der Waals surface area contributed by atoms with Crippen LogP contribution in [0.5, 0.6) is 0 Å². The molecule has 1 aliphatic rings. The van der Waals surface area contributed by atoms with E-state index in [0.717, 1.165) is 45.1 Å². The summed E-state index contributed by atoms with van der Waals surface area (Å²) in [6, 6.07) is 10.9. The van der Waals surface area contributed by atoms with Gasteiger partial charge in [-0.15, -0.1) is 24.0 Å². The third-order valence-electron chi connectivity index (χ3n) is 5.80. The van der Waals surface area contributed by atoms with Gasteiger partial charge in [0, 0.05) is 44.9 Å². The molecular weight excluding hydrogens is 463 g/mol.